The Kier molecular flexibility index (Phi) is 4.46. The maximum Gasteiger partial charge on any atom is 0.137 e. The van der Waals surface area contributed by atoms with Crippen LogP contribution in [-0.4, -0.2) is 9.97 Å². The summed E-state index contributed by atoms with van der Waals surface area (Å²) in [7, 11) is 0. The van der Waals surface area contributed by atoms with E-state index in [4.69, 9.17) is 23.2 Å². The Morgan fingerprint density at radius 2 is 1.77 bits per heavy atom. The summed E-state index contributed by atoms with van der Waals surface area (Å²) in [6.07, 6.45) is 5.70. The molecule has 72 valence electrons. The molecule has 1 aromatic rings. The molecule has 0 amide bonds. The molecular weight excluding hydrogens is 207 g/mol. The van der Waals surface area contributed by atoms with E-state index in [9.17, 15) is 0 Å². The van der Waals surface area contributed by atoms with E-state index in [0.29, 0.717) is 10.3 Å². The fourth-order valence-electron chi connectivity index (χ4n) is 1.13. The number of aromatic nitrogens is 2. The number of rotatable bonds is 4. The number of nitrogens with zero attached hydrogens (tertiary/aromatic N) is 2. The Bertz CT molecular complexity index is 256. The molecule has 0 unspecified atom stereocenters. The second kappa shape index (κ2) is 5.40. The predicted octanol–water partition coefficient (Wildman–Crippen LogP) is 3.52. The van der Waals surface area contributed by atoms with E-state index in [1.807, 2.05) is 0 Å². The van der Waals surface area contributed by atoms with E-state index in [-0.39, 0.29) is 0 Å². The molecule has 0 aliphatic heterocycles. The van der Waals surface area contributed by atoms with Gasteiger partial charge >= 0.3 is 0 Å². The summed E-state index contributed by atoms with van der Waals surface area (Å²) < 4.78 is 0. The molecule has 0 aliphatic carbocycles. The molecule has 0 aliphatic rings. The van der Waals surface area contributed by atoms with Gasteiger partial charge in [0.1, 0.15) is 16.6 Å². The highest BCUT2D eigenvalue weighted by molar-refractivity contribution is 6.34. The lowest BCUT2D eigenvalue weighted by Gasteiger charge is -2.03. The highest BCUT2D eigenvalue weighted by Crippen LogP contribution is 2.21. The molecule has 0 N–H and O–H groups in total. The number of halogens is 2. The van der Waals surface area contributed by atoms with Crippen molar-refractivity contribution in [3.05, 3.63) is 22.2 Å². The van der Waals surface area contributed by atoms with Crippen LogP contribution in [0, 0.1) is 0 Å². The zero-order valence-electron chi connectivity index (χ0n) is 7.56. The number of hydrogen-bond acceptors (Lipinski definition) is 2. The van der Waals surface area contributed by atoms with Crippen molar-refractivity contribution in [1.29, 1.82) is 0 Å². The monoisotopic (exact) mass is 218 g/mol. The first kappa shape index (κ1) is 10.7. The smallest absolute Gasteiger partial charge is 0.137 e. The van der Waals surface area contributed by atoms with E-state index in [0.717, 1.165) is 18.4 Å². The van der Waals surface area contributed by atoms with Gasteiger partial charge in [-0.15, -0.1) is 0 Å². The molecule has 0 spiro atoms. The van der Waals surface area contributed by atoms with Crippen molar-refractivity contribution in [3.8, 4) is 0 Å². The van der Waals surface area contributed by atoms with Crippen LogP contribution in [0.4, 0.5) is 0 Å². The summed E-state index contributed by atoms with van der Waals surface area (Å²) in [5, 5.41) is 0.965. The Morgan fingerprint density at radius 1 is 1.15 bits per heavy atom. The summed E-state index contributed by atoms with van der Waals surface area (Å²) in [4.78, 5) is 7.78. The van der Waals surface area contributed by atoms with Crippen LogP contribution in [0.15, 0.2) is 6.33 Å². The van der Waals surface area contributed by atoms with Crippen LogP contribution in [0.5, 0.6) is 0 Å². The van der Waals surface area contributed by atoms with Crippen LogP contribution in [0.1, 0.15) is 31.7 Å². The molecule has 0 bridgehead atoms. The molecule has 1 rings (SSSR count). The third-order valence-electron chi connectivity index (χ3n) is 1.87. The van der Waals surface area contributed by atoms with Crippen molar-refractivity contribution >= 4 is 23.2 Å². The molecule has 0 radical (unpaired) electrons. The fourth-order valence-corrected chi connectivity index (χ4v) is 1.63. The van der Waals surface area contributed by atoms with Crippen molar-refractivity contribution in [2.24, 2.45) is 0 Å². The highest BCUT2D eigenvalue weighted by atomic mass is 35.5. The average molecular weight is 219 g/mol. The first-order valence-corrected chi connectivity index (χ1v) is 5.16. The highest BCUT2D eigenvalue weighted by Gasteiger charge is 2.06. The van der Waals surface area contributed by atoms with Gasteiger partial charge in [-0.25, -0.2) is 9.97 Å². The Morgan fingerprint density at radius 3 is 2.31 bits per heavy atom. The van der Waals surface area contributed by atoms with Crippen LogP contribution in [0.2, 0.25) is 10.3 Å². The van der Waals surface area contributed by atoms with E-state index >= 15 is 0 Å². The summed E-state index contributed by atoms with van der Waals surface area (Å²) in [5.74, 6) is 0. The summed E-state index contributed by atoms with van der Waals surface area (Å²) in [5.41, 5.74) is 0.874. The molecule has 0 aromatic carbocycles. The van der Waals surface area contributed by atoms with Gasteiger partial charge in [0.25, 0.3) is 0 Å². The molecule has 0 saturated carbocycles. The van der Waals surface area contributed by atoms with Gasteiger partial charge in [0.2, 0.25) is 0 Å². The number of hydrogen-bond donors (Lipinski definition) is 0. The standard InChI is InChI=1S/C9H12Cl2N2/c1-2-3-4-5-7-8(10)12-6-13-9(7)11/h6H,2-5H2,1H3. The van der Waals surface area contributed by atoms with Crippen molar-refractivity contribution < 1.29 is 0 Å². The quantitative estimate of drug-likeness (QED) is 0.571. The minimum atomic E-state index is 0.483. The van der Waals surface area contributed by atoms with Crippen molar-refractivity contribution in [2.75, 3.05) is 0 Å². The van der Waals surface area contributed by atoms with Gasteiger partial charge in [0.15, 0.2) is 0 Å². The molecule has 2 nitrogen and oxygen atoms in total. The Balaban J connectivity index is 2.64. The second-order valence-electron chi connectivity index (χ2n) is 2.89. The lowest BCUT2D eigenvalue weighted by atomic mass is 10.1. The lowest BCUT2D eigenvalue weighted by Crippen LogP contribution is -1.93. The van der Waals surface area contributed by atoms with Crippen molar-refractivity contribution in [1.82, 2.24) is 9.97 Å². The van der Waals surface area contributed by atoms with Crippen LogP contribution >= 0.6 is 23.2 Å². The van der Waals surface area contributed by atoms with Crippen LogP contribution in [0.25, 0.3) is 0 Å². The second-order valence-corrected chi connectivity index (χ2v) is 3.61. The molecule has 4 heteroatoms. The average Bonchev–Trinajstić information content (AvgIpc) is 2.10. The lowest BCUT2D eigenvalue weighted by molar-refractivity contribution is 0.714. The molecule has 0 saturated heterocycles. The molecule has 0 atom stereocenters. The molecule has 1 heterocycles. The van der Waals surface area contributed by atoms with Gasteiger partial charge in [-0.3, -0.25) is 0 Å². The van der Waals surface area contributed by atoms with Crippen molar-refractivity contribution in [2.45, 2.75) is 32.6 Å². The van der Waals surface area contributed by atoms with E-state index in [1.54, 1.807) is 0 Å². The van der Waals surface area contributed by atoms with Gasteiger partial charge in [-0.05, 0) is 12.8 Å². The normalized spacial score (nSPS) is 10.4. The zero-order chi connectivity index (χ0) is 9.68. The van der Waals surface area contributed by atoms with Gasteiger partial charge in [0, 0.05) is 5.56 Å². The molecule has 13 heavy (non-hydrogen) atoms. The summed E-state index contributed by atoms with van der Waals surface area (Å²) >= 11 is 11.7. The van der Waals surface area contributed by atoms with Gasteiger partial charge in [-0.1, -0.05) is 43.0 Å². The SMILES string of the molecule is CCCCCc1c(Cl)ncnc1Cl. The van der Waals surface area contributed by atoms with Gasteiger partial charge in [-0.2, -0.15) is 0 Å². The molecule has 0 fully saturated rings. The Hall–Kier alpha value is -0.340. The molecule has 1 aromatic heterocycles. The van der Waals surface area contributed by atoms with E-state index in [2.05, 4.69) is 16.9 Å². The van der Waals surface area contributed by atoms with Gasteiger partial charge < -0.3 is 0 Å². The molecular formula is C9H12Cl2N2. The number of unbranched alkanes of at least 4 members (excludes halogenated alkanes) is 2. The maximum atomic E-state index is 5.87. The van der Waals surface area contributed by atoms with Crippen LogP contribution < -0.4 is 0 Å². The first-order chi connectivity index (χ1) is 6.25. The van der Waals surface area contributed by atoms with Crippen molar-refractivity contribution in [3.63, 3.8) is 0 Å². The van der Waals surface area contributed by atoms with Crippen LogP contribution in [0.3, 0.4) is 0 Å². The third kappa shape index (κ3) is 3.12. The fraction of sp³-hybridized carbons (Fsp3) is 0.556. The first-order valence-electron chi connectivity index (χ1n) is 4.40. The minimum absolute atomic E-state index is 0.483. The summed E-state index contributed by atoms with van der Waals surface area (Å²) in [6, 6.07) is 0. The summed E-state index contributed by atoms with van der Waals surface area (Å²) in [6.45, 7) is 2.16. The third-order valence-corrected chi connectivity index (χ3v) is 2.52. The predicted molar refractivity (Wildman–Crippen MR) is 55.3 cm³/mol. The zero-order valence-corrected chi connectivity index (χ0v) is 9.07. The largest absolute Gasteiger partial charge is 0.224 e. The van der Waals surface area contributed by atoms with E-state index < -0.39 is 0 Å². The van der Waals surface area contributed by atoms with E-state index in [1.165, 1.54) is 19.2 Å². The maximum absolute atomic E-state index is 5.87. The Labute approximate surface area is 88.3 Å². The van der Waals surface area contributed by atoms with Gasteiger partial charge in [0.05, 0.1) is 0 Å². The minimum Gasteiger partial charge on any atom is -0.224 e. The topological polar surface area (TPSA) is 25.8 Å². The van der Waals surface area contributed by atoms with Crippen LogP contribution in [-0.2, 0) is 6.42 Å².